The molecule has 1 N–H and O–H groups in total. The van der Waals surface area contributed by atoms with Gasteiger partial charge in [0.2, 0.25) is 0 Å². The van der Waals surface area contributed by atoms with E-state index in [2.05, 4.69) is 5.10 Å². The zero-order chi connectivity index (χ0) is 11.0. The van der Waals surface area contributed by atoms with Gasteiger partial charge in [0.15, 0.2) is 0 Å². The molecule has 1 rings (SSSR count). The normalized spacial score (nSPS) is 13.3. The first-order chi connectivity index (χ1) is 6.27. The standard InChI is InChI=1S/C9H14F2N2O/c1-8(2,3)13-5-7(4-12-13)9(10,11)6-14/h4-5,14H,6H2,1-3H3. The Morgan fingerprint density at radius 2 is 2.00 bits per heavy atom. The number of hydrogen-bond donors (Lipinski definition) is 1. The molecule has 5 heteroatoms. The van der Waals surface area contributed by atoms with Crippen LogP contribution in [-0.4, -0.2) is 21.5 Å². The third-order valence-electron chi connectivity index (χ3n) is 1.89. The van der Waals surface area contributed by atoms with Gasteiger partial charge in [0.1, 0.15) is 6.61 Å². The highest BCUT2D eigenvalue weighted by Gasteiger charge is 2.32. The molecule has 0 saturated heterocycles. The van der Waals surface area contributed by atoms with Crippen LogP contribution >= 0.6 is 0 Å². The van der Waals surface area contributed by atoms with E-state index in [0.29, 0.717) is 0 Å². The Hall–Kier alpha value is -0.970. The van der Waals surface area contributed by atoms with Crippen LogP contribution in [0.15, 0.2) is 12.4 Å². The maximum atomic E-state index is 13.0. The third kappa shape index (κ3) is 2.09. The molecule has 0 radical (unpaired) electrons. The number of rotatable bonds is 2. The molecule has 0 atom stereocenters. The molecule has 0 aliphatic carbocycles. The first-order valence-electron chi connectivity index (χ1n) is 4.32. The van der Waals surface area contributed by atoms with Crippen molar-refractivity contribution in [3.05, 3.63) is 18.0 Å². The number of aromatic nitrogens is 2. The largest absolute Gasteiger partial charge is 0.390 e. The van der Waals surface area contributed by atoms with E-state index in [1.807, 2.05) is 20.8 Å². The molecule has 0 fully saturated rings. The van der Waals surface area contributed by atoms with Crippen molar-refractivity contribution in [1.29, 1.82) is 0 Å². The summed E-state index contributed by atoms with van der Waals surface area (Å²) in [5.74, 6) is -3.20. The minimum absolute atomic E-state index is 0.255. The fourth-order valence-corrected chi connectivity index (χ4v) is 0.970. The Morgan fingerprint density at radius 3 is 2.36 bits per heavy atom. The minimum atomic E-state index is -3.20. The molecular formula is C9H14F2N2O. The van der Waals surface area contributed by atoms with Gasteiger partial charge in [0.25, 0.3) is 5.92 Å². The van der Waals surface area contributed by atoms with E-state index in [1.54, 1.807) is 0 Å². The van der Waals surface area contributed by atoms with E-state index in [9.17, 15) is 8.78 Å². The zero-order valence-electron chi connectivity index (χ0n) is 8.46. The molecule has 1 heterocycles. The maximum absolute atomic E-state index is 13.0. The molecular weight excluding hydrogens is 190 g/mol. The SMILES string of the molecule is CC(C)(C)n1cc(C(F)(F)CO)cn1. The number of nitrogens with zero attached hydrogens (tertiary/aromatic N) is 2. The zero-order valence-corrected chi connectivity index (χ0v) is 8.46. The lowest BCUT2D eigenvalue weighted by atomic mass is 10.1. The number of alkyl halides is 2. The van der Waals surface area contributed by atoms with Gasteiger partial charge in [-0.05, 0) is 20.8 Å². The van der Waals surface area contributed by atoms with Gasteiger partial charge in [-0.15, -0.1) is 0 Å². The van der Waals surface area contributed by atoms with Crippen molar-refractivity contribution < 1.29 is 13.9 Å². The topological polar surface area (TPSA) is 38.0 Å². The molecule has 80 valence electrons. The van der Waals surface area contributed by atoms with E-state index < -0.39 is 12.5 Å². The molecule has 1 aromatic rings. The second kappa shape index (κ2) is 3.31. The van der Waals surface area contributed by atoms with Crippen molar-refractivity contribution >= 4 is 0 Å². The van der Waals surface area contributed by atoms with Crippen molar-refractivity contribution in [3.8, 4) is 0 Å². The predicted molar refractivity (Wildman–Crippen MR) is 48.2 cm³/mol. The fraction of sp³-hybridized carbons (Fsp3) is 0.667. The third-order valence-corrected chi connectivity index (χ3v) is 1.89. The molecule has 0 unspecified atom stereocenters. The highest BCUT2D eigenvalue weighted by Crippen LogP contribution is 2.27. The molecule has 0 aliphatic rings. The average Bonchev–Trinajstić information content (AvgIpc) is 2.51. The van der Waals surface area contributed by atoms with E-state index in [4.69, 9.17) is 5.11 Å². The van der Waals surface area contributed by atoms with Crippen LogP contribution in [0.4, 0.5) is 8.78 Å². The lowest BCUT2D eigenvalue weighted by Crippen LogP contribution is -2.23. The summed E-state index contributed by atoms with van der Waals surface area (Å²) >= 11 is 0. The van der Waals surface area contributed by atoms with Gasteiger partial charge in [-0.2, -0.15) is 13.9 Å². The Bertz CT molecular complexity index is 315. The first kappa shape index (κ1) is 11.1. The summed E-state index contributed by atoms with van der Waals surface area (Å²) in [6.45, 7) is 4.39. The molecule has 0 bridgehead atoms. The molecule has 0 saturated carbocycles. The lowest BCUT2D eigenvalue weighted by Gasteiger charge is -2.19. The van der Waals surface area contributed by atoms with Crippen LogP contribution in [0.3, 0.4) is 0 Å². The van der Waals surface area contributed by atoms with Gasteiger partial charge < -0.3 is 5.11 Å². The van der Waals surface area contributed by atoms with Crippen LogP contribution in [0.2, 0.25) is 0 Å². The van der Waals surface area contributed by atoms with Crippen molar-refractivity contribution in [2.24, 2.45) is 0 Å². The molecule has 0 amide bonds. The lowest BCUT2D eigenvalue weighted by molar-refractivity contribution is -0.0557. The summed E-state index contributed by atoms with van der Waals surface area (Å²) in [5.41, 5.74) is -0.584. The highest BCUT2D eigenvalue weighted by molar-refractivity contribution is 5.12. The fourth-order valence-electron chi connectivity index (χ4n) is 0.970. The minimum Gasteiger partial charge on any atom is -0.390 e. The molecule has 14 heavy (non-hydrogen) atoms. The summed E-state index contributed by atoms with van der Waals surface area (Å²) < 4.78 is 27.4. The van der Waals surface area contributed by atoms with Crippen LogP contribution in [-0.2, 0) is 11.5 Å². The number of halogens is 2. The van der Waals surface area contributed by atoms with Crippen LogP contribution in [0.25, 0.3) is 0 Å². The molecule has 0 spiro atoms. The van der Waals surface area contributed by atoms with Gasteiger partial charge in [0.05, 0.1) is 17.3 Å². The summed E-state index contributed by atoms with van der Waals surface area (Å²) in [4.78, 5) is 0. The second-order valence-corrected chi connectivity index (χ2v) is 4.21. The van der Waals surface area contributed by atoms with E-state index >= 15 is 0 Å². The summed E-state index contributed by atoms with van der Waals surface area (Å²) in [6.07, 6.45) is 2.34. The molecule has 0 aromatic carbocycles. The molecule has 3 nitrogen and oxygen atoms in total. The summed E-state index contributed by atoms with van der Waals surface area (Å²) in [6, 6.07) is 0. The van der Waals surface area contributed by atoms with Gasteiger partial charge in [-0.3, -0.25) is 4.68 Å². The summed E-state index contributed by atoms with van der Waals surface area (Å²) in [5, 5.41) is 12.3. The van der Waals surface area contributed by atoms with Crippen molar-refractivity contribution in [2.75, 3.05) is 6.61 Å². The van der Waals surface area contributed by atoms with Gasteiger partial charge in [0, 0.05) is 6.20 Å². The molecule has 1 aromatic heterocycles. The Kier molecular flexibility index (Phi) is 2.63. The average molecular weight is 204 g/mol. The van der Waals surface area contributed by atoms with Crippen LogP contribution in [0.5, 0.6) is 0 Å². The monoisotopic (exact) mass is 204 g/mol. The first-order valence-corrected chi connectivity index (χ1v) is 4.32. The predicted octanol–water partition coefficient (Wildman–Crippen LogP) is 1.72. The van der Waals surface area contributed by atoms with Gasteiger partial charge >= 0.3 is 0 Å². The maximum Gasteiger partial charge on any atom is 0.298 e. The van der Waals surface area contributed by atoms with Gasteiger partial charge in [-0.1, -0.05) is 0 Å². The smallest absolute Gasteiger partial charge is 0.298 e. The van der Waals surface area contributed by atoms with Crippen molar-refractivity contribution in [3.63, 3.8) is 0 Å². The number of hydrogen-bond acceptors (Lipinski definition) is 2. The second-order valence-electron chi connectivity index (χ2n) is 4.21. The van der Waals surface area contributed by atoms with Crippen molar-refractivity contribution in [1.82, 2.24) is 9.78 Å². The Balaban J connectivity index is 3.00. The van der Waals surface area contributed by atoms with E-state index in [0.717, 1.165) is 6.20 Å². The number of aliphatic hydroxyl groups excluding tert-OH is 1. The van der Waals surface area contributed by atoms with E-state index in [-0.39, 0.29) is 11.1 Å². The van der Waals surface area contributed by atoms with Gasteiger partial charge in [-0.25, -0.2) is 0 Å². The van der Waals surface area contributed by atoms with Crippen molar-refractivity contribution in [2.45, 2.75) is 32.2 Å². The summed E-state index contributed by atoms with van der Waals surface area (Å²) in [7, 11) is 0. The van der Waals surface area contributed by atoms with Crippen LogP contribution in [0, 0.1) is 0 Å². The Morgan fingerprint density at radius 1 is 1.43 bits per heavy atom. The molecule has 0 aliphatic heterocycles. The number of aliphatic hydroxyl groups is 1. The van der Waals surface area contributed by atoms with Crippen LogP contribution < -0.4 is 0 Å². The Labute approximate surface area is 81.4 Å². The highest BCUT2D eigenvalue weighted by atomic mass is 19.3. The quantitative estimate of drug-likeness (QED) is 0.796. The van der Waals surface area contributed by atoms with E-state index in [1.165, 1.54) is 10.9 Å². The van der Waals surface area contributed by atoms with Crippen LogP contribution in [0.1, 0.15) is 26.3 Å².